The maximum Gasteiger partial charge on any atom is 0.309 e. The van der Waals surface area contributed by atoms with Gasteiger partial charge in [0.25, 0.3) is 0 Å². The molecule has 128 valence electrons. The van der Waals surface area contributed by atoms with E-state index in [1.165, 1.54) is 5.56 Å². The molecule has 0 heterocycles. The Kier molecular flexibility index (Phi) is 6.49. The van der Waals surface area contributed by atoms with Crippen molar-refractivity contribution in [2.24, 2.45) is 11.7 Å². The van der Waals surface area contributed by atoms with E-state index in [0.29, 0.717) is 12.8 Å². The number of benzene rings is 2. The number of hydrogen-bond donors (Lipinski definition) is 4. The van der Waals surface area contributed by atoms with Crippen LogP contribution in [0.15, 0.2) is 54.6 Å². The number of rotatable bonds is 4. The van der Waals surface area contributed by atoms with Crippen molar-refractivity contribution in [3.05, 3.63) is 71.3 Å². The van der Waals surface area contributed by atoms with Crippen molar-refractivity contribution in [3.63, 3.8) is 0 Å². The minimum Gasteiger partial charge on any atom is -0.481 e. The van der Waals surface area contributed by atoms with E-state index >= 15 is 0 Å². The number of aliphatic hydroxyl groups excluding tert-OH is 2. The number of aliphatic hydroxyl groups is 2. The zero-order chi connectivity index (χ0) is 17.5. The van der Waals surface area contributed by atoms with Gasteiger partial charge in [-0.2, -0.15) is 0 Å². The molecular formula is C19H23NO4. The second-order valence-corrected chi connectivity index (χ2v) is 5.90. The van der Waals surface area contributed by atoms with Crippen LogP contribution in [0.25, 0.3) is 0 Å². The first-order chi connectivity index (χ1) is 11.5. The molecule has 0 spiro atoms. The Balaban J connectivity index is 0.000000175. The lowest BCUT2D eigenvalue weighted by Crippen LogP contribution is -2.21. The van der Waals surface area contributed by atoms with Crippen LogP contribution in [-0.4, -0.2) is 34.0 Å². The first-order valence-corrected chi connectivity index (χ1v) is 7.92. The lowest BCUT2D eigenvalue weighted by molar-refractivity contribution is -0.143. The third kappa shape index (κ3) is 4.64. The average Bonchev–Trinajstić information content (AvgIpc) is 2.89. The Morgan fingerprint density at radius 3 is 2.33 bits per heavy atom. The Morgan fingerprint density at radius 2 is 1.75 bits per heavy atom. The summed E-state index contributed by atoms with van der Waals surface area (Å²) in [5.74, 6) is -1.64. The number of hydrogen-bond acceptors (Lipinski definition) is 4. The van der Waals surface area contributed by atoms with Crippen LogP contribution >= 0.6 is 0 Å². The number of carbonyl (C=O) groups is 1. The third-order valence-corrected chi connectivity index (χ3v) is 4.15. The molecule has 2 aromatic rings. The summed E-state index contributed by atoms with van der Waals surface area (Å²) in [6.45, 7) is -0.315. The van der Waals surface area contributed by atoms with Crippen molar-refractivity contribution in [1.82, 2.24) is 0 Å². The highest BCUT2D eigenvalue weighted by atomic mass is 16.4. The van der Waals surface area contributed by atoms with Crippen molar-refractivity contribution in [2.75, 3.05) is 6.61 Å². The molecule has 3 atom stereocenters. The van der Waals surface area contributed by atoms with Gasteiger partial charge in [0.15, 0.2) is 0 Å². The highest BCUT2D eigenvalue weighted by molar-refractivity contribution is 5.70. The fourth-order valence-corrected chi connectivity index (χ4v) is 2.73. The summed E-state index contributed by atoms with van der Waals surface area (Å²) in [7, 11) is 0. The normalized spacial score (nSPS) is 19.8. The largest absolute Gasteiger partial charge is 0.481 e. The molecule has 0 aliphatic heterocycles. The van der Waals surface area contributed by atoms with Crippen LogP contribution in [0.4, 0.5) is 0 Å². The summed E-state index contributed by atoms with van der Waals surface area (Å²) in [6.07, 6.45) is 0.705. The van der Waals surface area contributed by atoms with Crippen molar-refractivity contribution in [3.8, 4) is 0 Å². The van der Waals surface area contributed by atoms with E-state index in [-0.39, 0.29) is 18.8 Å². The van der Waals surface area contributed by atoms with Crippen LogP contribution in [0.5, 0.6) is 0 Å². The maximum atomic E-state index is 10.6. The molecule has 1 unspecified atom stereocenters. The summed E-state index contributed by atoms with van der Waals surface area (Å²) >= 11 is 0. The van der Waals surface area contributed by atoms with Crippen LogP contribution < -0.4 is 5.73 Å². The van der Waals surface area contributed by atoms with Gasteiger partial charge in [0.05, 0.1) is 24.7 Å². The Morgan fingerprint density at radius 1 is 1.12 bits per heavy atom. The molecule has 3 rings (SSSR count). The molecule has 2 aromatic carbocycles. The molecule has 0 saturated heterocycles. The summed E-state index contributed by atoms with van der Waals surface area (Å²) in [4.78, 5) is 10.6. The van der Waals surface area contributed by atoms with E-state index in [0.717, 1.165) is 11.1 Å². The molecule has 0 aromatic heterocycles. The standard InChI is InChI=1S/C10H12O3.C9H11NO/c11-7-9(10(12)13)6-8-4-2-1-3-5-8;10-9-7-4-2-1-3-6(7)5-8(9)11/h1-5,9,11H,6-7H2,(H,12,13);1-4,8-9,11H,5,10H2/t;8-,9+/m.0/s1. The van der Waals surface area contributed by atoms with Gasteiger partial charge < -0.3 is 21.1 Å². The molecule has 5 N–H and O–H groups in total. The van der Waals surface area contributed by atoms with Crippen LogP contribution in [0.2, 0.25) is 0 Å². The summed E-state index contributed by atoms with van der Waals surface area (Å²) in [5.41, 5.74) is 8.96. The van der Waals surface area contributed by atoms with Crippen molar-refractivity contribution >= 4 is 5.97 Å². The van der Waals surface area contributed by atoms with Crippen molar-refractivity contribution in [2.45, 2.75) is 25.0 Å². The molecule has 5 nitrogen and oxygen atoms in total. The van der Waals surface area contributed by atoms with Crippen LogP contribution in [-0.2, 0) is 17.6 Å². The van der Waals surface area contributed by atoms with Crippen molar-refractivity contribution in [1.29, 1.82) is 0 Å². The van der Waals surface area contributed by atoms with Crippen LogP contribution in [0, 0.1) is 5.92 Å². The van der Waals surface area contributed by atoms with Gasteiger partial charge in [-0.1, -0.05) is 54.6 Å². The molecule has 1 aliphatic rings. The predicted octanol–water partition coefficient (Wildman–Crippen LogP) is 1.53. The summed E-state index contributed by atoms with van der Waals surface area (Å²) in [6, 6.07) is 17.0. The minimum atomic E-state index is -0.952. The number of nitrogens with two attached hydrogens (primary N) is 1. The van der Waals surface area contributed by atoms with E-state index in [9.17, 15) is 9.90 Å². The summed E-state index contributed by atoms with van der Waals surface area (Å²) < 4.78 is 0. The zero-order valence-electron chi connectivity index (χ0n) is 13.4. The number of carboxylic acid groups (broad SMARTS) is 1. The van der Waals surface area contributed by atoms with E-state index in [4.69, 9.17) is 15.9 Å². The topological polar surface area (TPSA) is 104 Å². The molecule has 0 radical (unpaired) electrons. The molecule has 0 bridgehead atoms. The molecule has 0 saturated carbocycles. The Bertz CT molecular complexity index is 659. The predicted molar refractivity (Wildman–Crippen MR) is 91.4 cm³/mol. The van der Waals surface area contributed by atoms with Gasteiger partial charge in [-0.3, -0.25) is 4.79 Å². The molecule has 0 amide bonds. The van der Waals surface area contributed by atoms with Gasteiger partial charge in [-0.05, 0) is 23.1 Å². The van der Waals surface area contributed by atoms with E-state index in [2.05, 4.69) is 0 Å². The van der Waals surface area contributed by atoms with E-state index < -0.39 is 11.9 Å². The number of aliphatic carboxylic acids is 1. The highest BCUT2D eigenvalue weighted by Crippen LogP contribution is 2.28. The highest BCUT2D eigenvalue weighted by Gasteiger charge is 2.26. The monoisotopic (exact) mass is 329 g/mol. The number of carboxylic acids is 1. The molecule has 24 heavy (non-hydrogen) atoms. The van der Waals surface area contributed by atoms with Gasteiger partial charge in [0.1, 0.15) is 0 Å². The smallest absolute Gasteiger partial charge is 0.309 e. The van der Waals surface area contributed by atoms with Gasteiger partial charge in [0.2, 0.25) is 0 Å². The summed E-state index contributed by atoms with van der Waals surface area (Å²) in [5, 5.41) is 26.8. The van der Waals surface area contributed by atoms with Gasteiger partial charge in [-0.15, -0.1) is 0 Å². The first-order valence-electron chi connectivity index (χ1n) is 7.92. The first kappa shape index (κ1) is 18.1. The fourth-order valence-electron chi connectivity index (χ4n) is 2.73. The fraction of sp³-hybridized carbons (Fsp3) is 0.316. The second kappa shape index (κ2) is 8.59. The van der Waals surface area contributed by atoms with Gasteiger partial charge >= 0.3 is 5.97 Å². The second-order valence-electron chi connectivity index (χ2n) is 5.90. The van der Waals surface area contributed by atoms with Gasteiger partial charge in [-0.25, -0.2) is 0 Å². The lowest BCUT2D eigenvalue weighted by atomic mass is 10.0. The zero-order valence-corrected chi connectivity index (χ0v) is 13.4. The quantitative estimate of drug-likeness (QED) is 0.681. The van der Waals surface area contributed by atoms with Gasteiger partial charge in [0, 0.05) is 6.42 Å². The third-order valence-electron chi connectivity index (χ3n) is 4.15. The number of fused-ring (bicyclic) bond motifs is 1. The molecular weight excluding hydrogens is 306 g/mol. The van der Waals surface area contributed by atoms with E-state index in [1.807, 2.05) is 54.6 Å². The maximum absolute atomic E-state index is 10.6. The minimum absolute atomic E-state index is 0.175. The average molecular weight is 329 g/mol. The molecule has 0 fully saturated rings. The SMILES string of the molecule is N[C@@H]1c2ccccc2C[C@@H]1O.O=C(O)C(CO)Cc1ccccc1. The van der Waals surface area contributed by atoms with Crippen molar-refractivity contribution < 1.29 is 20.1 Å². The molecule has 5 heteroatoms. The Labute approximate surface area is 141 Å². The lowest BCUT2D eigenvalue weighted by Gasteiger charge is -2.07. The molecule has 1 aliphatic carbocycles. The Hall–Kier alpha value is -2.21. The van der Waals surface area contributed by atoms with Crippen LogP contribution in [0.1, 0.15) is 22.7 Å². The van der Waals surface area contributed by atoms with E-state index in [1.54, 1.807) is 0 Å². The van der Waals surface area contributed by atoms with Crippen LogP contribution in [0.3, 0.4) is 0 Å².